The second-order valence-corrected chi connectivity index (χ2v) is 7.25. The minimum atomic E-state index is -0.379. The van der Waals surface area contributed by atoms with Crippen LogP contribution in [0.3, 0.4) is 0 Å². The second-order valence-electron chi connectivity index (χ2n) is 6.17. The van der Waals surface area contributed by atoms with Crippen LogP contribution in [-0.2, 0) is 9.53 Å². The van der Waals surface area contributed by atoms with Crippen LogP contribution >= 0.6 is 11.8 Å². The molecular formula is C19H17N3O4S. The number of hydrogen-bond donors (Lipinski definition) is 1. The quantitative estimate of drug-likeness (QED) is 0.496. The standard InChI is InChI=1S/C19H17N3O4S/c23-19-18(27-17-4-2-1-3-14(17)20-19)12-13-5-6-15(16(11-13)22(24)25)21-7-9-26-10-8-21/h1-6,11-12H,7-10H2,(H,20,23)/b18-12+. The molecule has 2 aliphatic rings. The van der Waals surface area contributed by atoms with Crippen LogP contribution in [0.15, 0.2) is 52.3 Å². The van der Waals surface area contributed by atoms with E-state index in [0.717, 1.165) is 10.6 Å². The molecule has 27 heavy (non-hydrogen) atoms. The zero-order valence-corrected chi connectivity index (χ0v) is 15.2. The molecule has 0 atom stereocenters. The fraction of sp³-hybridized carbons (Fsp3) is 0.211. The summed E-state index contributed by atoms with van der Waals surface area (Å²) in [5, 5.41) is 14.4. The first-order valence-electron chi connectivity index (χ1n) is 8.53. The molecule has 0 spiro atoms. The van der Waals surface area contributed by atoms with Crippen LogP contribution in [0.25, 0.3) is 6.08 Å². The number of nitrogens with zero attached hydrogens (tertiary/aromatic N) is 2. The van der Waals surface area contributed by atoms with Crippen molar-refractivity contribution < 1.29 is 14.5 Å². The van der Waals surface area contributed by atoms with Gasteiger partial charge in [-0.15, -0.1) is 0 Å². The summed E-state index contributed by atoms with van der Waals surface area (Å²) < 4.78 is 5.32. The van der Waals surface area contributed by atoms with Crippen molar-refractivity contribution >= 4 is 40.8 Å². The highest BCUT2D eigenvalue weighted by molar-refractivity contribution is 8.04. The maximum absolute atomic E-state index is 12.3. The van der Waals surface area contributed by atoms with E-state index in [1.165, 1.54) is 17.8 Å². The molecule has 1 saturated heterocycles. The van der Waals surface area contributed by atoms with Crippen LogP contribution in [0.1, 0.15) is 5.56 Å². The van der Waals surface area contributed by atoms with Crippen molar-refractivity contribution in [3.05, 3.63) is 63.0 Å². The van der Waals surface area contributed by atoms with E-state index < -0.39 is 0 Å². The van der Waals surface area contributed by atoms with Gasteiger partial charge in [0.05, 0.1) is 28.7 Å². The molecule has 2 aromatic carbocycles. The van der Waals surface area contributed by atoms with Crippen molar-refractivity contribution in [3.8, 4) is 0 Å². The Labute approximate surface area is 160 Å². The number of hydrogen-bond acceptors (Lipinski definition) is 6. The van der Waals surface area contributed by atoms with Gasteiger partial charge in [0.25, 0.3) is 11.6 Å². The topological polar surface area (TPSA) is 84.7 Å². The number of anilines is 2. The summed E-state index contributed by atoms with van der Waals surface area (Å²) in [6, 6.07) is 12.6. The number of rotatable bonds is 3. The van der Waals surface area contributed by atoms with Gasteiger partial charge in [0.2, 0.25) is 0 Å². The number of nitro benzene ring substituents is 1. The Morgan fingerprint density at radius 3 is 2.74 bits per heavy atom. The van der Waals surface area contributed by atoms with E-state index in [4.69, 9.17) is 4.74 Å². The molecule has 0 saturated carbocycles. The number of para-hydroxylation sites is 1. The number of ether oxygens (including phenoxy) is 1. The fourth-order valence-corrected chi connectivity index (χ4v) is 4.05. The van der Waals surface area contributed by atoms with E-state index in [9.17, 15) is 14.9 Å². The molecule has 4 rings (SSSR count). The number of carbonyl (C=O) groups is 1. The lowest BCUT2D eigenvalue weighted by Crippen LogP contribution is -2.36. The first kappa shape index (κ1) is 17.6. The third kappa shape index (κ3) is 3.67. The van der Waals surface area contributed by atoms with E-state index in [2.05, 4.69) is 5.32 Å². The largest absolute Gasteiger partial charge is 0.378 e. The Morgan fingerprint density at radius 2 is 1.96 bits per heavy atom. The average molecular weight is 383 g/mol. The molecule has 0 unspecified atom stereocenters. The average Bonchev–Trinajstić information content (AvgIpc) is 2.69. The highest BCUT2D eigenvalue weighted by Crippen LogP contribution is 2.39. The number of fused-ring (bicyclic) bond motifs is 1. The molecule has 1 fully saturated rings. The number of morpholine rings is 1. The Kier molecular flexibility index (Phi) is 4.83. The number of thioether (sulfide) groups is 1. The fourth-order valence-electron chi connectivity index (χ4n) is 3.10. The number of carbonyl (C=O) groups excluding carboxylic acids is 1. The number of nitrogens with one attached hydrogen (secondary N) is 1. The van der Waals surface area contributed by atoms with Gasteiger partial charge in [-0.25, -0.2) is 0 Å². The van der Waals surface area contributed by atoms with Crippen molar-refractivity contribution in [2.45, 2.75) is 4.90 Å². The van der Waals surface area contributed by atoms with Crippen molar-refractivity contribution in [3.63, 3.8) is 0 Å². The summed E-state index contributed by atoms with van der Waals surface area (Å²) in [4.78, 5) is 26.9. The smallest absolute Gasteiger partial charge is 0.293 e. The molecule has 7 nitrogen and oxygen atoms in total. The van der Waals surface area contributed by atoms with Crippen molar-refractivity contribution in [1.29, 1.82) is 0 Å². The monoisotopic (exact) mass is 383 g/mol. The molecule has 2 aromatic rings. The molecule has 8 heteroatoms. The van der Waals surface area contributed by atoms with Gasteiger partial charge in [0.15, 0.2) is 0 Å². The molecule has 0 radical (unpaired) electrons. The van der Waals surface area contributed by atoms with E-state index in [0.29, 0.717) is 42.5 Å². The van der Waals surface area contributed by atoms with Crippen LogP contribution < -0.4 is 10.2 Å². The van der Waals surface area contributed by atoms with Crippen LogP contribution in [0.5, 0.6) is 0 Å². The van der Waals surface area contributed by atoms with Gasteiger partial charge in [-0.3, -0.25) is 14.9 Å². The summed E-state index contributed by atoms with van der Waals surface area (Å²) in [6.45, 7) is 2.35. The van der Waals surface area contributed by atoms with E-state index in [-0.39, 0.29) is 16.5 Å². The lowest BCUT2D eigenvalue weighted by molar-refractivity contribution is -0.384. The Bertz CT molecular complexity index is 938. The SMILES string of the molecule is O=C1Nc2ccccc2S/C1=C/c1ccc(N2CCOCC2)c([N+](=O)[O-])c1. The summed E-state index contributed by atoms with van der Waals surface area (Å²) in [6.07, 6.45) is 1.69. The van der Waals surface area contributed by atoms with Crippen LogP contribution in [-0.4, -0.2) is 37.1 Å². The van der Waals surface area contributed by atoms with Gasteiger partial charge in [0.1, 0.15) is 5.69 Å². The molecule has 138 valence electrons. The summed E-state index contributed by atoms with van der Waals surface area (Å²) in [7, 11) is 0. The van der Waals surface area contributed by atoms with E-state index in [1.807, 2.05) is 29.2 Å². The highest BCUT2D eigenvalue weighted by Gasteiger charge is 2.23. The second kappa shape index (κ2) is 7.42. The molecule has 1 N–H and O–H groups in total. The minimum absolute atomic E-state index is 0.0351. The van der Waals surface area contributed by atoms with E-state index >= 15 is 0 Å². The molecule has 0 aromatic heterocycles. The van der Waals surface area contributed by atoms with Crippen molar-refractivity contribution in [1.82, 2.24) is 0 Å². The predicted octanol–water partition coefficient (Wildman–Crippen LogP) is 3.52. The predicted molar refractivity (Wildman–Crippen MR) is 105 cm³/mol. The van der Waals surface area contributed by atoms with Crippen LogP contribution in [0.4, 0.5) is 17.1 Å². The lowest BCUT2D eigenvalue weighted by atomic mass is 10.1. The van der Waals surface area contributed by atoms with Crippen molar-refractivity contribution in [2.75, 3.05) is 36.5 Å². The number of amides is 1. The maximum atomic E-state index is 12.3. The number of nitro groups is 1. The zero-order valence-electron chi connectivity index (χ0n) is 14.4. The molecular weight excluding hydrogens is 366 g/mol. The summed E-state index contributed by atoms with van der Waals surface area (Å²) >= 11 is 1.36. The van der Waals surface area contributed by atoms with Crippen molar-refractivity contribution in [2.24, 2.45) is 0 Å². The molecule has 2 aliphatic heterocycles. The normalized spacial score (nSPS) is 18.1. The van der Waals surface area contributed by atoms with Crippen LogP contribution in [0.2, 0.25) is 0 Å². The Hall–Kier alpha value is -2.84. The summed E-state index contributed by atoms with van der Waals surface area (Å²) in [5.41, 5.74) is 2.01. The molecule has 0 aliphatic carbocycles. The van der Waals surface area contributed by atoms with Gasteiger partial charge in [-0.2, -0.15) is 0 Å². The molecule has 2 heterocycles. The third-order valence-electron chi connectivity index (χ3n) is 4.42. The number of benzene rings is 2. The first-order valence-corrected chi connectivity index (χ1v) is 9.34. The maximum Gasteiger partial charge on any atom is 0.293 e. The third-order valence-corrected chi connectivity index (χ3v) is 5.52. The van der Waals surface area contributed by atoms with Gasteiger partial charge in [-0.1, -0.05) is 30.0 Å². The van der Waals surface area contributed by atoms with Gasteiger partial charge < -0.3 is 15.0 Å². The van der Waals surface area contributed by atoms with E-state index in [1.54, 1.807) is 18.2 Å². The minimum Gasteiger partial charge on any atom is -0.378 e. The molecule has 1 amide bonds. The molecule has 0 bridgehead atoms. The zero-order chi connectivity index (χ0) is 18.8. The summed E-state index contributed by atoms with van der Waals surface area (Å²) in [5.74, 6) is -0.210. The Balaban J connectivity index is 1.66. The first-order chi connectivity index (χ1) is 13.1. The van der Waals surface area contributed by atoms with Gasteiger partial charge >= 0.3 is 0 Å². The van der Waals surface area contributed by atoms with Gasteiger partial charge in [-0.05, 0) is 29.8 Å². The Morgan fingerprint density at radius 1 is 1.19 bits per heavy atom. The highest BCUT2D eigenvalue weighted by atomic mass is 32.2. The van der Waals surface area contributed by atoms with Gasteiger partial charge in [0, 0.05) is 24.1 Å². The van der Waals surface area contributed by atoms with Crippen LogP contribution in [0, 0.1) is 10.1 Å². The lowest BCUT2D eigenvalue weighted by Gasteiger charge is -2.28.